The Hall–Kier alpha value is -4.02. The van der Waals surface area contributed by atoms with Crippen molar-refractivity contribution in [3.05, 3.63) is 107 Å². The molecule has 5 rings (SSSR count). The van der Waals surface area contributed by atoms with Gasteiger partial charge >= 0.3 is 5.97 Å². The number of nitrogens with zero attached hydrogens (tertiary/aromatic N) is 3. The predicted octanol–water partition coefficient (Wildman–Crippen LogP) is 6.82. The summed E-state index contributed by atoms with van der Waals surface area (Å²) in [4.78, 5) is 35.6. The van der Waals surface area contributed by atoms with Gasteiger partial charge in [-0.05, 0) is 71.3 Å². The van der Waals surface area contributed by atoms with Gasteiger partial charge in [-0.3, -0.25) is 25.0 Å². The van der Waals surface area contributed by atoms with Gasteiger partial charge in [0.15, 0.2) is 0 Å². The molecule has 40 heavy (non-hydrogen) atoms. The fourth-order valence-electron chi connectivity index (χ4n) is 5.20. The highest BCUT2D eigenvalue weighted by molar-refractivity contribution is 7.19. The van der Waals surface area contributed by atoms with E-state index in [4.69, 9.17) is 16.3 Å². The van der Waals surface area contributed by atoms with Crippen molar-refractivity contribution in [2.24, 2.45) is 0 Å². The monoisotopic (exact) mass is 579 g/mol. The second-order valence-electron chi connectivity index (χ2n) is 9.57. The normalized spacial score (nSPS) is 15.2. The Morgan fingerprint density at radius 1 is 1.15 bits per heavy atom. The number of carbonyl (C=O) groups is 1. The number of esters is 1. The summed E-state index contributed by atoms with van der Waals surface area (Å²) in [5.41, 5.74) is 3.57. The molecule has 1 unspecified atom stereocenters. The first-order chi connectivity index (χ1) is 19.2. The third-order valence-electron chi connectivity index (χ3n) is 7.04. The minimum atomic E-state index is -1.18. The molecule has 0 bridgehead atoms. The van der Waals surface area contributed by atoms with Gasteiger partial charge in [0.05, 0.1) is 18.0 Å². The molecule has 0 spiro atoms. The fourth-order valence-corrected chi connectivity index (χ4v) is 6.50. The van der Waals surface area contributed by atoms with Crippen molar-refractivity contribution < 1.29 is 19.4 Å². The van der Waals surface area contributed by atoms with Gasteiger partial charge < -0.3 is 9.30 Å². The number of ether oxygens (including phenoxy) is 1. The summed E-state index contributed by atoms with van der Waals surface area (Å²) in [7, 11) is 0. The second kappa shape index (κ2) is 11.2. The third-order valence-corrected chi connectivity index (χ3v) is 8.63. The van der Waals surface area contributed by atoms with E-state index in [0.29, 0.717) is 22.7 Å². The van der Waals surface area contributed by atoms with E-state index in [-0.39, 0.29) is 31.1 Å². The number of carbonyl (C=O) groups excluding carboxylic acids is 1. The first-order valence-electron chi connectivity index (χ1n) is 12.9. The molecule has 0 saturated carbocycles. The molecular formula is C29H26ClN3O6S. The molecule has 0 saturated heterocycles. The standard InChI is InChI=1S/C29H26ClN3O6S/c1-3-27-25(24-13-20(30)6-8-28(24)40-27)16-31-15-19(12-29(34)39-4-2)23-7-5-17(11-26(23)31)18-9-21(32(35)36)14-22(10-18)33(37)38/h5-11,13,15,21H,3-4,12,14,16H2,1-2H3. The lowest BCUT2D eigenvalue weighted by atomic mass is 9.94. The number of halogens is 1. The Kier molecular flexibility index (Phi) is 7.73. The van der Waals surface area contributed by atoms with Crippen LogP contribution in [0.1, 0.15) is 41.8 Å². The smallest absolute Gasteiger partial charge is 0.310 e. The van der Waals surface area contributed by atoms with Crippen LogP contribution in [0.25, 0.3) is 26.6 Å². The molecule has 0 fully saturated rings. The molecular weight excluding hydrogens is 554 g/mol. The third kappa shape index (κ3) is 5.37. The van der Waals surface area contributed by atoms with Crippen molar-refractivity contribution in [3.63, 3.8) is 0 Å². The molecule has 1 atom stereocenters. The van der Waals surface area contributed by atoms with Gasteiger partial charge in [-0.1, -0.05) is 30.7 Å². The van der Waals surface area contributed by atoms with E-state index in [1.807, 2.05) is 36.5 Å². The number of rotatable bonds is 9. The maximum absolute atomic E-state index is 12.4. The van der Waals surface area contributed by atoms with Crippen molar-refractivity contribution in [1.82, 2.24) is 4.57 Å². The summed E-state index contributed by atoms with van der Waals surface area (Å²) in [5.74, 6) is -0.338. The molecule has 206 valence electrons. The summed E-state index contributed by atoms with van der Waals surface area (Å²) in [6.45, 7) is 4.66. The molecule has 0 amide bonds. The average molecular weight is 580 g/mol. The maximum Gasteiger partial charge on any atom is 0.310 e. The highest BCUT2D eigenvalue weighted by atomic mass is 35.5. The van der Waals surface area contributed by atoms with Crippen LogP contribution in [-0.2, 0) is 28.9 Å². The van der Waals surface area contributed by atoms with Gasteiger partial charge in [-0.25, -0.2) is 0 Å². The minimum absolute atomic E-state index is 0.0883. The van der Waals surface area contributed by atoms with Crippen LogP contribution >= 0.6 is 22.9 Å². The number of fused-ring (bicyclic) bond motifs is 2. The quantitative estimate of drug-likeness (QED) is 0.122. The number of benzene rings is 2. The van der Waals surface area contributed by atoms with Gasteiger partial charge in [0.25, 0.3) is 5.70 Å². The second-order valence-corrected chi connectivity index (χ2v) is 11.1. The highest BCUT2D eigenvalue weighted by Crippen LogP contribution is 2.36. The Morgan fingerprint density at radius 2 is 1.95 bits per heavy atom. The molecule has 2 heterocycles. The maximum atomic E-state index is 12.4. The number of aromatic nitrogens is 1. The molecule has 11 heteroatoms. The van der Waals surface area contributed by atoms with E-state index in [1.54, 1.807) is 24.3 Å². The zero-order valence-corrected chi connectivity index (χ0v) is 23.5. The summed E-state index contributed by atoms with van der Waals surface area (Å²) in [6, 6.07) is 10.2. The summed E-state index contributed by atoms with van der Waals surface area (Å²) in [6.07, 6.45) is 5.47. The molecule has 2 aromatic carbocycles. The number of thiophene rings is 1. The molecule has 1 aliphatic carbocycles. The van der Waals surface area contributed by atoms with Crippen molar-refractivity contribution in [2.75, 3.05) is 6.61 Å². The van der Waals surface area contributed by atoms with Crippen LogP contribution in [0.5, 0.6) is 0 Å². The Labute approximate surface area is 238 Å². The first kappa shape index (κ1) is 27.5. The van der Waals surface area contributed by atoms with Crippen LogP contribution in [0.2, 0.25) is 5.02 Å². The van der Waals surface area contributed by atoms with Crippen LogP contribution in [-0.4, -0.2) is 33.0 Å². The van der Waals surface area contributed by atoms with Gasteiger partial charge in [0, 0.05) is 49.2 Å². The number of nitro groups is 2. The van der Waals surface area contributed by atoms with Crippen LogP contribution in [0, 0.1) is 20.2 Å². The number of hydrogen-bond donors (Lipinski definition) is 0. The van der Waals surface area contributed by atoms with E-state index in [0.717, 1.165) is 38.5 Å². The molecule has 0 N–H and O–H groups in total. The van der Waals surface area contributed by atoms with Crippen molar-refractivity contribution >= 4 is 55.5 Å². The van der Waals surface area contributed by atoms with Crippen LogP contribution in [0.4, 0.5) is 0 Å². The van der Waals surface area contributed by atoms with E-state index in [9.17, 15) is 25.0 Å². The zero-order chi connectivity index (χ0) is 28.6. The summed E-state index contributed by atoms with van der Waals surface area (Å²) >= 11 is 8.07. The zero-order valence-electron chi connectivity index (χ0n) is 21.9. The largest absolute Gasteiger partial charge is 0.466 e. The Bertz CT molecular complexity index is 1730. The van der Waals surface area contributed by atoms with Crippen LogP contribution < -0.4 is 0 Å². The Morgan fingerprint density at radius 3 is 2.65 bits per heavy atom. The van der Waals surface area contributed by atoms with E-state index >= 15 is 0 Å². The lowest BCUT2D eigenvalue weighted by Crippen LogP contribution is -2.22. The summed E-state index contributed by atoms with van der Waals surface area (Å²) < 4.78 is 8.39. The molecule has 1 aliphatic rings. The number of allylic oxidation sites excluding steroid dienone is 2. The topological polar surface area (TPSA) is 118 Å². The van der Waals surface area contributed by atoms with Crippen molar-refractivity contribution in [1.29, 1.82) is 0 Å². The predicted molar refractivity (Wildman–Crippen MR) is 156 cm³/mol. The number of hydrogen-bond acceptors (Lipinski definition) is 7. The minimum Gasteiger partial charge on any atom is -0.466 e. The molecule has 9 nitrogen and oxygen atoms in total. The first-order valence-corrected chi connectivity index (χ1v) is 14.1. The fraction of sp³-hybridized carbons (Fsp3) is 0.276. The molecule has 4 aromatic rings. The van der Waals surface area contributed by atoms with Gasteiger partial charge in [0.1, 0.15) is 6.42 Å². The van der Waals surface area contributed by atoms with E-state index < -0.39 is 15.9 Å². The lowest BCUT2D eigenvalue weighted by Gasteiger charge is -2.13. The Balaban J connectivity index is 1.66. The molecule has 0 radical (unpaired) electrons. The van der Waals surface area contributed by atoms with Gasteiger partial charge in [0.2, 0.25) is 6.04 Å². The van der Waals surface area contributed by atoms with Gasteiger partial charge in [-0.15, -0.1) is 11.3 Å². The van der Waals surface area contributed by atoms with Gasteiger partial charge in [-0.2, -0.15) is 0 Å². The van der Waals surface area contributed by atoms with Crippen LogP contribution in [0.3, 0.4) is 0 Å². The lowest BCUT2D eigenvalue weighted by molar-refractivity contribution is -0.517. The highest BCUT2D eigenvalue weighted by Gasteiger charge is 2.31. The van der Waals surface area contributed by atoms with Crippen molar-refractivity contribution in [2.45, 2.75) is 45.7 Å². The SMILES string of the molecule is CCOC(=O)Cc1cn(Cc2c(CC)sc3ccc(Cl)cc23)c2cc(C3=CC([N+](=O)[O-])CC([N+](=O)[O-])=C3)ccc12. The van der Waals surface area contributed by atoms with Crippen LogP contribution in [0.15, 0.2) is 60.4 Å². The molecule has 2 aromatic heterocycles. The molecule has 0 aliphatic heterocycles. The number of aryl methyl sites for hydroxylation is 1. The van der Waals surface area contributed by atoms with Crippen molar-refractivity contribution in [3.8, 4) is 0 Å². The van der Waals surface area contributed by atoms with E-state index in [2.05, 4.69) is 11.5 Å². The summed E-state index contributed by atoms with van der Waals surface area (Å²) in [5, 5.41) is 25.6. The average Bonchev–Trinajstić information content (AvgIpc) is 3.45. The van der Waals surface area contributed by atoms with E-state index in [1.165, 1.54) is 17.0 Å².